The highest BCUT2D eigenvalue weighted by atomic mass is 32.1. The van der Waals surface area contributed by atoms with E-state index in [1.54, 1.807) is 19.3 Å². The predicted molar refractivity (Wildman–Crippen MR) is 63.5 cm³/mol. The lowest BCUT2D eigenvalue weighted by atomic mass is 10.3. The van der Waals surface area contributed by atoms with Gasteiger partial charge in [0.1, 0.15) is 5.69 Å². The number of nitrogens with two attached hydrogens (primary N) is 1. The maximum atomic E-state index is 11.5. The maximum Gasteiger partial charge on any atom is 0.358 e. The van der Waals surface area contributed by atoms with Crippen LogP contribution in [0.2, 0.25) is 0 Å². The number of esters is 1. The smallest absolute Gasteiger partial charge is 0.358 e. The standard InChI is InChI=1S/C10H10N4O2S/c1-2-16-9(15)7-4-12-3-6(14-7)8-5-13-10(11)17-8/h3-5H,2H2,1H3,(H2,11,13). The zero-order chi connectivity index (χ0) is 12.3. The van der Waals surface area contributed by atoms with Crippen LogP contribution in [0.25, 0.3) is 10.6 Å². The fourth-order valence-electron chi connectivity index (χ4n) is 1.19. The lowest BCUT2D eigenvalue weighted by molar-refractivity contribution is 0.0519. The van der Waals surface area contributed by atoms with E-state index in [4.69, 9.17) is 10.5 Å². The Hall–Kier alpha value is -2.02. The van der Waals surface area contributed by atoms with Crippen molar-refractivity contribution in [3.63, 3.8) is 0 Å². The Kier molecular flexibility index (Phi) is 3.29. The zero-order valence-corrected chi connectivity index (χ0v) is 9.90. The van der Waals surface area contributed by atoms with Gasteiger partial charge >= 0.3 is 5.97 Å². The number of hydrogen-bond acceptors (Lipinski definition) is 7. The molecule has 0 aromatic carbocycles. The van der Waals surface area contributed by atoms with Crippen molar-refractivity contribution in [2.45, 2.75) is 6.92 Å². The number of ether oxygens (including phenoxy) is 1. The summed E-state index contributed by atoms with van der Waals surface area (Å²) in [5.41, 5.74) is 6.27. The van der Waals surface area contributed by atoms with E-state index in [1.165, 1.54) is 17.5 Å². The van der Waals surface area contributed by atoms with Gasteiger partial charge in [-0.25, -0.2) is 14.8 Å². The van der Waals surface area contributed by atoms with Crippen LogP contribution in [-0.2, 0) is 4.74 Å². The summed E-state index contributed by atoms with van der Waals surface area (Å²) < 4.78 is 4.85. The number of nitrogen functional groups attached to an aromatic ring is 1. The molecular formula is C10H10N4O2S. The summed E-state index contributed by atoms with van der Waals surface area (Å²) >= 11 is 1.29. The average molecular weight is 250 g/mol. The number of carbonyl (C=O) groups excluding carboxylic acids is 1. The van der Waals surface area contributed by atoms with Crippen molar-refractivity contribution >= 4 is 22.4 Å². The normalized spacial score (nSPS) is 10.2. The summed E-state index contributed by atoms with van der Waals surface area (Å²) in [7, 11) is 0. The largest absolute Gasteiger partial charge is 0.461 e. The molecular weight excluding hydrogens is 240 g/mol. The second kappa shape index (κ2) is 4.88. The Morgan fingerprint density at radius 3 is 2.94 bits per heavy atom. The van der Waals surface area contributed by atoms with E-state index in [2.05, 4.69) is 15.0 Å². The van der Waals surface area contributed by atoms with Crippen LogP contribution >= 0.6 is 11.3 Å². The van der Waals surface area contributed by atoms with E-state index in [9.17, 15) is 4.79 Å². The van der Waals surface area contributed by atoms with E-state index < -0.39 is 5.97 Å². The number of aromatic nitrogens is 3. The van der Waals surface area contributed by atoms with Crippen LogP contribution < -0.4 is 5.73 Å². The molecule has 17 heavy (non-hydrogen) atoms. The van der Waals surface area contributed by atoms with Gasteiger partial charge in [0, 0.05) is 6.20 Å². The third kappa shape index (κ3) is 2.56. The van der Waals surface area contributed by atoms with E-state index in [0.717, 1.165) is 4.88 Å². The number of rotatable bonds is 3. The molecule has 2 aromatic rings. The number of thiazole rings is 1. The molecule has 0 aliphatic carbocycles. The second-order valence-electron chi connectivity index (χ2n) is 3.07. The summed E-state index contributed by atoms with van der Waals surface area (Å²) in [5, 5.41) is 0.448. The van der Waals surface area contributed by atoms with E-state index in [0.29, 0.717) is 17.4 Å². The van der Waals surface area contributed by atoms with Crippen LogP contribution in [-0.4, -0.2) is 27.5 Å². The van der Waals surface area contributed by atoms with E-state index in [1.807, 2.05) is 0 Å². The molecule has 0 atom stereocenters. The first kappa shape index (κ1) is 11.5. The minimum Gasteiger partial charge on any atom is -0.461 e. The molecule has 88 valence electrons. The van der Waals surface area contributed by atoms with Crippen molar-refractivity contribution in [1.29, 1.82) is 0 Å². The Labute approximate surface area is 101 Å². The van der Waals surface area contributed by atoms with Crippen LogP contribution in [0.5, 0.6) is 0 Å². The first-order valence-electron chi connectivity index (χ1n) is 4.91. The van der Waals surface area contributed by atoms with Gasteiger partial charge in [0.15, 0.2) is 10.8 Å². The SMILES string of the molecule is CCOC(=O)c1cncc(-c2cnc(N)s2)n1. The minimum absolute atomic E-state index is 0.177. The van der Waals surface area contributed by atoms with Crippen molar-refractivity contribution in [1.82, 2.24) is 15.0 Å². The highest BCUT2D eigenvalue weighted by Gasteiger charge is 2.11. The molecule has 6 nitrogen and oxygen atoms in total. The molecule has 0 amide bonds. The Morgan fingerprint density at radius 1 is 1.47 bits per heavy atom. The summed E-state index contributed by atoms with van der Waals surface area (Å²) in [4.78, 5) is 24.3. The van der Waals surface area contributed by atoms with E-state index >= 15 is 0 Å². The van der Waals surface area contributed by atoms with Crippen molar-refractivity contribution in [3.8, 4) is 10.6 Å². The van der Waals surface area contributed by atoms with Crippen molar-refractivity contribution in [2.75, 3.05) is 12.3 Å². The summed E-state index contributed by atoms with van der Waals surface area (Å²) in [6, 6.07) is 0. The van der Waals surface area contributed by atoms with Crippen molar-refractivity contribution in [2.24, 2.45) is 0 Å². The van der Waals surface area contributed by atoms with Gasteiger partial charge in [-0.3, -0.25) is 4.98 Å². The highest BCUT2D eigenvalue weighted by molar-refractivity contribution is 7.18. The first-order valence-corrected chi connectivity index (χ1v) is 5.73. The molecule has 2 heterocycles. The number of nitrogens with zero attached hydrogens (tertiary/aromatic N) is 3. The molecule has 0 aliphatic rings. The Morgan fingerprint density at radius 2 is 2.29 bits per heavy atom. The van der Waals surface area contributed by atoms with Crippen LogP contribution in [0.1, 0.15) is 17.4 Å². The van der Waals surface area contributed by atoms with E-state index in [-0.39, 0.29) is 5.69 Å². The lowest BCUT2D eigenvalue weighted by Gasteiger charge is -2.01. The fourth-order valence-corrected chi connectivity index (χ4v) is 1.83. The second-order valence-corrected chi connectivity index (χ2v) is 4.14. The fraction of sp³-hybridized carbons (Fsp3) is 0.200. The van der Waals surface area contributed by atoms with Crippen LogP contribution in [0.4, 0.5) is 5.13 Å². The third-order valence-electron chi connectivity index (χ3n) is 1.90. The molecule has 7 heteroatoms. The van der Waals surface area contributed by atoms with Crippen molar-refractivity contribution in [3.05, 3.63) is 24.3 Å². The van der Waals surface area contributed by atoms with Crippen LogP contribution in [0.15, 0.2) is 18.6 Å². The summed E-state index contributed by atoms with van der Waals surface area (Å²) in [5.74, 6) is -0.487. The zero-order valence-electron chi connectivity index (χ0n) is 9.08. The van der Waals surface area contributed by atoms with Crippen LogP contribution in [0, 0.1) is 0 Å². The molecule has 0 spiro atoms. The van der Waals surface area contributed by atoms with Gasteiger partial charge in [-0.1, -0.05) is 11.3 Å². The average Bonchev–Trinajstić information content (AvgIpc) is 2.76. The van der Waals surface area contributed by atoms with Gasteiger partial charge < -0.3 is 10.5 Å². The molecule has 2 rings (SSSR count). The molecule has 0 radical (unpaired) electrons. The monoisotopic (exact) mass is 250 g/mol. The third-order valence-corrected chi connectivity index (χ3v) is 2.74. The molecule has 0 saturated carbocycles. The lowest BCUT2D eigenvalue weighted by Crippen LogP contribution is -2.07. The molecule has 0 aliphatic heterocycles. The molecule has 2 N–H and O–H groups in total. The molecule has 0 fully saturated rings. The summed E-state index contributed by atoms with van der Waals surface area (Å²) in [6.45, 7) is 2.04. The molecule has 0 unspecified atom stereocenters. The van der Waals surface area contributed by atoms with Gasteiger partial charge in [-0.2, -0.15) is 0 Å². The Bertz CT molecular complexity index is 541. The van der Waals surface area contributed by atoms with Crippen LogP contribution in [0.3, 0.4) is 0 Å². The van der Waals surface area contributed by atoms with Gasteiger partial charge in [-0.15, -0.1) is 0 Å². The quantitative estimate of drug-likeness (QED) is 0.827. The maximum absolute atomic E-state index is 11.5. The van der Waals surface area contributed by atoms with Crippen molar-refractivity contribution < 1.29 is 9.53 Å². The molecule has 2 aromatic heterocycles. The van der Waals surface area contributed by atoms with Gasteiger partial charge in [-0.05, 0) is 6.92 Å². The van der Waals surface area contributed by atoms with Gasteiger partial charge in [0.2, 0.25) is 0 Å². The number of anilines is 1. The van der Waals surface area contributed by atoms with Gasteiger partial charge in [0.05, 0.1) is 23.9 Å². The predicted octanol–water partition coefficient (Wildman–Crippen LogP) is 1.36. The van der Waals surface area contributed by atoms with Gasteiger partial charge in [0.25, 0.3) is 0 Å². The molecule has 0 bridgehead atoms. The number of carbonyl (C=O) groups is 1. The Balaban J connectivity index is 2.31. The minimum atomic E-state index is -0.487. The summed E-state index contributed by atoms with van der Waals surface area (Å²) in [6.07, 6.45) is 4.51. The first-order chi connectivity index (χ1) is 8.20. The highest BCUT2D eigenvalue weighted by Crippen LogP contribution is 2.25. The topological polar surface area (TPSA) is 91.0 Å². The number of hydrogen-bond donors (Lipinski definition) is 1. The molecule has 0 saturated heterocycles.